The van der Waals surface area contributed by atoms with Crippen molar-refractivity contribution >= 4 is 11.3 Å². The molecule has 0 aromatic carbocycles. The van der Waals surface area contributed by atoms with Crippen molar-refractivity contribution in [1.82, 2.24) is 10.3 Å². The van der Waals surface area contributed by atoms with Gasteiger partial charge in [-0.05, 0) is 20.8 Å². The Morgan fingerprint density at radius 2 is 2.00 bits per heavy atom. The van der Waals surface area contributed by atoms with Crippen LogP contribution in [0.1, 0.15) is 35.0 Å². The van der Waals surface area contributed by atoms with Crippen LogP contribution < -0.4 is 5.32 Å². The van der Waals surface area contributed by atoms with E-state index in [4.69, 9.17) is 0 Å². The second-order valence-electron chi connectivity index (χ2n) is 3.72. The van der Waals surface area contributed by atoms with Gasteiger partial charge in [-0.15, -0.1) is 11.3 Å². The molecule has 0 fully saturated rings. The fourth-order valence-corrected chi connectivity index (χ4v) is 2.39. The lowest BCUT2D eigenvalue weighted by Crippen LogP contribution is -2.25. The van der Waals surface area contributed by atoms with E-state index >= 15 is 0 Å². The molecule has 1 rings (SSSR count). The maximum absolute atomic E-state index is 11.9. The normalized spacial score (nSPS) is 14.1. The van der Waals surface area contributed by atoms with Crippen molar-refractivity contribution in [2.24, 2.45) is 0 Å². The van der Waals surface area contributed by atoms with Crippen LogP contribution in [0.2, 0.25) is 0 Å². The van der Waals surface area contributed by atoms with E-state index in [2.05, 4.69) is 10.3 Å². The van der Waals surface area contributed by atoms with Crippen molar-refractivity contribution in [3.8, 4) is 0 Å². The summed E-state index contributed by atoms with van der Waals surface area (Å²) < 4.78 is 35.8. The first kappa shape index (κ1) is 13.4. The van der Waals surface area contributed by atoms with Gasteiger partial charge in [-0.1, -0.05) is 0 Å². The van der Waals surface area contributed by atoms with E-state index in [-0.39, 0.29) is 12.6 Å². The van der Waals surface area contributed by atoms with E-state index in [1.54, 1.807) is 11.3 Å². The number of halogens is 3. The van der Waals surface area contributed by atoms with Crippen LogP contribution in [0.3, 0.4) is 0 Å². The average molecular weight is 252 g/mol. The third-order valence-corrected chi connectivity index (χ3v) is 3.11. The minimum absolute atomic E-state index is 0.0688. The first-order chi connectivity index (χ1) is 7.29. The molecular formula is C10H15F3N2S. The van der Waals surface area contributed by atoms with E-state index in [0.717, 1.165) is 15.6 Å². The van der Waals surface area contributed by atoms with E-state index in [9.17, 15) is 13.2 Å². The molecule has 1 atom stereocenters. The Morgan fingerprint density at radius 3 is 2.44 bits per heavy atom. The highest BCUT2D eigenvalue weighted by Crippen LogP contribution is 2.23. The number of alkyl halides is 3. The van der Waals surface area contributed by atoms with Gasteiger partial charge in [-0.3, -0.25) is 0 Å². The van der Waals surface area contributed by atoms with Crippen LogP contribution in [0, 0.1) is 13.8 Å². The molecule has 0 aliphatic rings. The van der Waals surface area contributed by atoms with Crippen molar-refractivity contribution in [3.05, 3.63) is 15.6 Å². The highest BCUT2D eigenvalue weighted by Gasteiger charge is 2.26. The maximum Gasteiger partial charge on any atom is 0.390 e. The molecule has 2 nitrogen and oxygen atoms in total. The summed E-state index contributed by atoms with van der Waals surface area (Å²) in [5.74, 6) is 0. The van der Waals surface area contributed by atoms with Crippen LogP contribution in [-0.4, -0.2) is 17.7 Å². The molecular weight excluding hydrogens is 237 g/mol. The van der Waals surface area contributed by atoms with Gasteiger partial charge in [0.2, 0.25) is 0 Å². The van der Waals surface area contributed by atoms with E-state index in [1.807, 2.05) is 20.8 Å². The van der Waals surface area contributed by atoms with Gasteiger partial charge in [0.05, 0.1) is 17.1 Å². The van der Waals surface area contributed by atoms with Crippen molar-refractivity contribution in [3.63, 3.8) is 0 Å². The van der Waals surface area contributed by atoms with Crippen LogP contribution in [0.15, 0.2) is 0 Å². The Morgan fingerprint density at radius 1 is 1.38 bits per heavy atom. The SMILES string of the molecule is Cc1nc(C(C)NCCC(F)(F)F)c(C)s1. The predicted molar refractivity (Wildman–Crippen MR) is 58.7 cm³/mol. The van der Waals surface area contributed by atoms with Gasteiger partial charge in [-0.2, -0.15) is 13.2 Å². The zero-order valence-electron chi connectivity index (χ0n) is 9.48. The average Bonchev–Trinajstić information content (AvgIpc) is 2.43. The van der Waals surface area contributed by atoms with E-state index in [1.165, 1.54) is 0 Å². The molecule has 0 amide bonds. The Labute approximate surface area is 96.9 Å². The smallest absolute Gasteiger partial charge is 0.308 e. The first-order valence-electron chi connectivity index (χ1n) is 5.03. The number of hydrogen-bond acceptors (Lipinski definition) is 3. The van der Waals surface area contributed by atoms with Gasteiger partial charge in [0.25, 0.3) is 0 Å². The van der Waals surface area contributed by atoms with Gasteiger partial charge >= 0.3 is 6.18 Å². The van der Waals surface area contributed by atoms with Crippen LogP contribution >= 0.6 is 11.3 Å². The topological polar surface area (TPSA) is 24.9 Å². The zero-order chi connectivity index (χ0) is 12.3. The lowest BCUT2D eigenvalue weighted by molar-refractivity contribution is -0.133. The Balaban J connectivity index is 2.47. The van der Waals surface area contributed by atoms with Crippen LogP contribution in [0.25, 0.3) is 0 Å². The Kier molecular flexibility index (Phi) is 4.32. The molecule has 1 aromatic rings. The molecule has 1 aromatic heterocycles. The second-order valence-corrected chi connectivity index (χ2v) is 5.12. The second kappa shape index (κ2) is 5.14. The van der Waals surface area contributed by atoms with Crippen molar-refractivity contribution < 1.29 is 13.2 Å². The van der Waals surface area contributed by atoms with E-state index < -0.39 is 12.6 Å². The highest BCUT2D eigenvalue weighted by atomic mass is 32.1. The minimum atomic E-state index is -4.10. The maximum atomic E-state index is 11.9. The number of aryl methyl sites for hydroxylation is 2. The Bertz CT molecular complexity index is 346. The van der Waals surface area contributed by atoms with Gasteiger partial charge in [0, 0.05) is 17.5 Å². The molecule has 0 bridgehead atoms. The monoisotopic (exact) mass is 252 g/mol. The van der Waals surface area contributed by atoms with Crippen LogP contribution in [0.4, 0.5) is 13.2 Å². The number of thiazole rings is 1. The number of aromatic nitrogens is 1. The lowest BCUT2D eigenvalue weighted by atomic mass is 10.2. The summed E-state index contributed by atoms with van der Waals surface area (Å²) in [4.78, 5) is 5.36. The first-order valence-corrected chi connectivity index (χ1v) is 5.85. The molecule has 6 heteroatoms. The molecule has 0 saturated heterocycles. The standard InChI is InChI=1S/C10H15F3N2S/c1-6(14-5-4-10(11,12)13)9-7(2)16-8(3)15-9/h6,14H,4-5H2,1-3H3. The molecule has 16 heavy (non-hydrogen) atoms. The Hall–Kier alpha value is -0.620. The van der Waals surface area contributed by atoms with Crippen molar-refractivity contribution in [2.75, 3.05) is 6.54 Å². The summed E-state index contributed by atoms with van der Waals surface area (Å²) in [7, 11) is 0. The minimum Gasteiger partial charge on any atom is -0.308 e. The van der Waals surface area contributed by atoms with Gasteiger partial charge < -0.3 is 5.32 Å². The molecule has 1 heterocycles. The fraction of sp³-hybridized carbons (Fsp3) is 0.700. The summed E-state index contributed by atoms with van der Waals surface area (Å²) >= 11 is 1.56. The number of rotatable bonds is 4. The fourth-order valence-electron chi connectivity index (χ4n) is 1.47. The summed E-state index contributed by atoms with van der Waals surface area (Å²) in [6, 6.07) is -0.132. The molecule has 0 aliphatic heterocycles. The van der Waals surface area contributed by atoms with E-state index in [0.29, 0.717) is 0 Å². The molecule has 0 radical (unpaired) electrons. The third kappa shape index (κ3) is 4.09. The summed E-state index contributed by atoms with van der Waals surface area (Å²) in [6.07, 6.45) is -4.90. The molecule has 1 N–H and O–H groups in total. The third-order valence-electron chi connectivity index (χ3n) is 2.21. The summed E-state index contributed by atoms with van der Waals surface area (Å²) in [6.45, 7) is 5.59. The lowest BCUT2D eigenvalue weighted by Gasteiger charge is -2.13. The number of hydrogen-bond donors (Lipinski definition) is 1. The summed E-state index contributed by atoms with van der Waals surface area (Å²) in [5, 5.41) is 3.78. The zero-order valence-corrected chi connectivity index (χ0v) is 10.3. The van der Waals surface area contributed by atoms with Gasteiger partial charge in [0.15, 0.2) is 0 Å². The van der Waals surface area contributed by atoms with Crippen molar-refractivity contribution in [1.29, 1.82) is 0 Å². The highest BCUT2D eigenvalue weighted by molar-refractivity contribution is 7.11. The number of nitrogens with one attached hydrogen (secondary N) is 1. The summed E-state index contributed by atoms with van der Waals surface area (Å²) in [5.41, 5.74) is 0.852. The molecule has 0 spiro atoms. The van der Waals surface area contributed by atoms with Crippen LogP contribution in [0.5, 0.6) is 0 Å². The number of nitrogens with zero attached hydrogens (tertiary/aromatic N) is 1. The molecule has 0 aliphatic carbocycles. The van der Waals surface area contributed by atoms with Gasteiger partial charge in [-0.25, -0.2) is 4.98 Å². The quantitative estimate of drug-likeness (QED) is 0.888. The van der Waals surface area contributed by atoms with Gasteiger partial charge in [0.1, 0.15) is 0 Å². The molecule has 0 saturated carbocycles. The molecule has 1 unspecified atom stereocenters. The largest absolute Gasteiger partial charge is 0.390 e. The van der Waals surface area contributed by atoms with Crippen LogP contribution in [-0.2, 0) is 0 Å². The molecule has 92 valence electrons. The van der Waals surface area contributed by atoms with Crippen molar-refractivity contribution in [2.45, 2.75) is 39.4 Å². The predicted octanol–water partition coefficient (Wildman–Crippen LogP) is 3.36.